The van der Waals surface area contributed by atoms with Gasteiger partial charge in [-0.1, -0.05) is 25.0 Å². The molecule has 7 heteroatoms. The smallest absolute Gasteiger partial charge is 0.337 e. The Morgan fingerprint density at radius 1 is 1.27 bits per heavy atom. The molecule has 2 aromatic rings. The first-order chi connectivity index (χ1) is 12.7. The number of anilines is 1. The molecule has 1 amide bonds. The predicted octanol–water partition coefficient (Wildman–Crippen LogP) is 3.56. The maximum atomic E-state index is 12.2. The minimum atomic E-state index is -0.350. The Balaban J connectivity index is 1.69. The lowest BCUT2D eigenvalue weighted by atomic mass is 10.0. The number of rotatable bonds is 3. The van der Waals surface area contributed by atoms with Crippen molar-refractivity contribution in [3.05, 3.63) is 47.2 Å². The number of methoxy groups -OCH3 is 1. The van der Waals surface area contributed by atoms with Crippen LogP contribution in [0.5, 0.6) is 0 Å². The van der Waals surface area contributed by atoms with Crippen molar-refractivity contribution < 1.29 is 14.3 Å². The molecule has 26 heavy (non-hydrogen) atoms. The van der Waals surface area contributed by atoms with E-state index in [9.17, 15) is 9.59 Å². The van der Waals surface area contributed by atoms with Gasteiger partial charge in [0.1, 0.15) is 5.82 Å². The zero-order chi connectivity index (χ0) is 18.1. The van der Waals surface area contributed by atoms with E-state index in [-0.39, 0.29) is 17.1 Å². The predicted molar refractivity (Wildman–Crippen MR) is 100 cm³/mol. The van der Waals surface area contributed by atoms with Gasteiger partial charge in [-0.15, -0.1) is 11.8 Å². The third kappa shape index (κ3) is 3.11. The summed E-state index contributed by atoms with van der Waals surface area (Å²) in [5, 5.41) is 7.66. The summed E-state index contributed by atoms with van der Waals surface area (Å²) < 4.78 is 6.76. The molecule has 0 spiro atoms. The topological polar surface area (TPSA) is 73.2 Å². The van der Waals surface area contributed by atoms with Crippen molar-refractivity contribution in [2.24, 2.45) is 0 Å². The number of fused-ring (bicyclic) bond motifs is 1. The number of thioether (sulfide) groups is 1. The third-order valence-corrected chi connectivity index (χ3v) is 6.34. The lowest BCUT2D eigenvalue weighted by Crippen LogP contribution is -2.18. The van der Waals surface area contributed by atoms with Gasteiger partial charge in [0.2, 0.25) is 5.91 Å². The largest absolute Gasteiger partial charge is 0.465 e. The van der Waals surface area contributed by atoms with Gasteiger partial charge in [0.25, 0.3) is 0 Å². The van der Waals surface area contributed by atoms with Crippen molar-refractivity contribution >= 4 is 29.5 Å². The highest BCUT2D eigenvalue weighted by molar-refractivity contribution is 8.00. The van der Waals surface area contributed by atoms with Gasteiger partial charge in [-0.2, -0.15) is 5.10 Å². The van der Waals surface area contributed by atoms with Crippen LogP contribution in [0.2, 0.25) is 0 Å². The van der Waals surface area contributed by atoms with Gasteiger partial charge in [-0.25, -0.2) is 9.48 Å². The maximum absolute atomic E-state index is 12.2. The van der Waals surface area contributed by atoms with Gasteiger partial charge in [-0.05, 0) is 30.5 Å². The fraction of sp³-hybridized carbons (Fsp3) is 0.421. The Bertz CT molecular complexity index is 825. The Morgan fingerprint density at radius 3 is 2.69 bits per heavy atom. The van der Waals surface area contributed by atoms with E-state index in [4.69, 9.17) is 4.74 Å². The van der Waals surface area contributed by atoms with Crippen LogP contribution in [-0.2, 0) is 9.53 Å². The minimum absolute atomic E-state index is 0.00433. The molecule has 0 radical (unpaired) electrons. The van der Waals surface area contributed by atoms with Gasteiger partial charge in [0, 0.05) is 5.56 Å². The molecule has 1 N–H and O–H groups in total. The molecule has 136 valence electrons. The molecule has 0 bridgehead atoms. The summed E-state index contributed by atoms with van der Waals surface area (Å²) in [5.41, 5.74) is 2.59. The second kappa shape index (κ2) is 7.15. The molecule has 1 fully saturated rings. The molecule has 1 aromatic heterocycles. The molecule has 1 aliphatic heterocycles. The van der Waals surface area contributed by atoms with Gasteiger partial charge < -0.3 is 10.1 Å². The summed E-state index contributed by atoms with van der Waals surface area (Å²) in [7, 11) is 1.37. The molecule has 2 aliphatic rings. The summed E-state index contributed by atoms with van der Waals surface area (Å²) in [5.74, 6) is 0.873. The van der Waals surface area contributed by atoms with Crippen LogP contribution in [0, 0.1) is 0 Å². The zero-order valence-corrected chi connectivity index (χ0v) is 15.4. The van der Waals surface area contributed by atoms with Crippen molar-refractivity contribution in [2.45, 2.75) is 37.0 Å². The fourth-order valence-electron chi connectivity index (χ4n) is 3.73. The molecule has 4 rings (SSSR count). The highest BCUT2D eigenvalue weighted by Crippen LogP contribution is 2.43. The fourth-order valence-corrected chi connectivity index (χ4v) is 4.82. The molecule has 1 aromatic carbocycles. The molecule has 1 saturated carbocycles. The first-order valence-corrected chi connectivity index (χ1v) is 9.89. The third-order valence-electron chi connectivity index (χ3n) is 5.05. The number of carbonyl (C=O) groups excluding carboxylic acids is 2. The van der Waals surface area contributed by atoms with E-state index >= 15 is 0 Å². The number of nitrogens with zero attached hydrogens (tertiary/aromatic N) is 2. The van der Waals surface area contributed by atoms with E-state index in [2.05, 4.69) is 10.4 Å². The van der Waals surface area contributed by atoms with Crippen molar-refractivity contribution in [3.63, 3.8) is 0 Å². The van der Waals surface area contributed by atoms with E-state index in [0.29, 0.717) is 17.4 Å². The number of esters is 1. The number of amides is 1. The molecule has 1 aliphatic carbocycles. The van der Waals surface area contributed by atoms with Crippen LogP contribution in [0.3, 0.4) is 0 Å². The van der Waals surface area contributed by atoms with Crippen molar-refractivity contribution in [1.82, 2.24) is 9.78 Å². The number of hydrogen-bond donors (Lipinski definition) is 1. The van der Waals surface area contributed by atoms with E-state index in [1.165, 1.54) is 20.0 Å². The van der Waals surface area contributed by atoms with Crippen LogP contribution in [-0.4, -0.2) is 34.5 Å². The standard InChI is InChI=1S/C19H21N3O3S/c1-25-19(24)13-8-6-12(7-9-13)17-15-10-20-22(14-4-2-3-5-14)18(15)21-16(23)11-26-17/h6-10,14,17H,2-5,11H2,1H3,(H,21,23)/t17-/m0/s1. The molecule has 1 atom stereocenters. The highest BCUT2D eigenvalue weighted by Gasteiger charge is 2.30. The lowest BCUT2D eigenvalue weighted by Gasteiger charge is -2.17. The van der Waals surface area contributed by atoms with E-state index in [1.807, 2.05) is 23.0 Å². The second-order valence-corrected chi connectivity index (χ2v) is 7.78. The van der Waals surface area contributed by atoms with E-state index in [0.717, 1.165) is 29.8 Å². The molecular weight excluding hydrogens is 350 g/mol. The number of carbonyl (C=O) groups is 2. The number of aromatic nitrogens is 2. The van der Waals surface area contributed by atoms with Crippen molar-refractivity contribution in [2.75, 3.05) is 18.2 Å². The second-order valence-electron chi connectivity index (χ2n) is 6.68. The number of ether oxygens (including phenoxy) is 1. The van der Waals surface area contributed by atoms with Crippen LogP contribution in [0.25, 0.3) is 0 Å². The van der Waals surface area contributed by atoms with Gasteiger partial charge >= 0.3 is 5.97 Å². The Kier molecular flexibility index (Phi) is 4.72. The molecular formula is C19H21N3O3S. The lowest BCUT2D eigenvalue weighted by molar-refractivity contribution is -0.113. The zero-order valence-electron chi connectivity index (χ0n) is 14.6. The quantitative estimate of drug-likeness (QED) is 0.835. The SMILES string of the molecule is COC(=O)c1ccc([C@@H]2SCC(=O)Nc3c2cnn3C2CCCC2)cc1. The van der Waals surface area contributed by atoms with Crippen LogP contribution >= 0.6 is 11.8 Å². The number of benzene rings is 1. The number of hydrogen-bond acceptors (Lipinski definition) is 5. The molecule has 0 saturated heterocycles. The number of nitrogens with one attached hydrogen (secondary N) is 1. The van der Waals surface area contributed by atoms with Crippen molar-refractivity contribution in [3.8, 4) is 0 Å². The van der Waals surface area contributed by atoms with Crippen molar-refractivity contribution in [1.29, 1.82) is 0 Å². The van der Waals surface area contributed by atoms with Crippen LogP contribution in [0.15, 0.2) is 30.5 Å². The van der Waals surface area contributed by atoms with E-state index < -0.39 is 0 Å². The Morgan fingerprint density at radius 2 is 2.00 bits per heavy atom. The Hall–Kier alpha value is -2.28. The van der Waals surface area contributed by atoms with Crippen LogP contribution in [0.4, 0.5) is 5.82 Å². The van der Waals surface area contributed by atoms with Gasteiger partial charge in [-0.3, -0.25) is 4.79 Å². The molecule has 0 unspecified atom stereocenters. The summed E-state index contributed by atoms with van der Waals surface area (Å²) in [6.45, 7) is 0. The summed E-state index contributed by atoms with van der Waals surface area (Å²) in [6.07, 6.45) is 6.51. The normalized spacial score (nSPS) is 20.3. The van der Waals surface area contributed by atoms with Crippen LogP contribution < -0.4 is 5.32 Å². The van der Waals surface area contributed by atoms with Crippen LogP contribution in [0.1, 0.15) is 58.5 Å². The van der Waals surface area contributed by atoms with Gasteiger partial charge in [0.15, 0.2) is 0 Å². The van der Waals surface area contributed by atoms with Gasteiger partial charge in [0.05, 0.1) is 35.9 Å². The average Bonchev–Trinajstić information content (AvgIpc) is 3.29. The monoisotopic (exact) mass is 371 g/mol. The summed E-state index contributed by atoms with van der Waals surface area (Å²) in [4.78, 5) is 23.9. The average molecular weight is 371 g/mol. The maximum Gasteiger partial charge on any atom is 0.337 e. The Labute approximate surface area is 156 Å². The summed E-state index contributed by atoms with van der Waals surface area (Å²) >= 11 is 1.58. The summed E-state index contributed by atoms with van der Waals surface area (Å²) in [6, 6.07) is 7.75. The molecule has 6 nitrogen and oxygen atoms in total. The van der Waals surface area contributed by atoms with E-state index in [1.54, 1.807) is 23.9 Å². The highest BCUT2D eigenvalue weighted by atomic mass is 32.2. The first-order valence-electron chi connectivity index (χ1n) is 8.84. The molecule has 2 heterocycles. The minimum Gasteiger partial charge on any atom is -0.465 e. The first kappa shape index (κ1) is 17.1.